The summed E-state index contributed by atoms with van der Waals surface area (Å²) in [6, 6.07) is 14.1. The smallest absolute Gasteiger partial charge is 0.319 e. The number of halogens is 1. The van der Waals surface area contributed by atoms with E-state index in [-0.39, 0.29) is 24.4 Å². The van der Waals surface area contributed by atoms with Crippen LogP contribution in [0.3, 0.4) is 0 Å². The summed E-state index contributed by atoms with van der Waals surface area (Å²) in [4.78, 5) is 25.9. The van der Waals surface area contributed by atoms with Crippen LogP contribution >= 0.6 is 11.6 Å². The first-order valence-corrected chi connectivity index (χ1v) is 8.09. The molecule has 2 aromatic rings. The topological polar surface area (TPSA) is 61.4 Å². The van der Waals surface area contributed by atoms with Gasteiger partial charge < -0.3 is 15.5 Å². The third kappa shape index (κ3) is 3.86. The molecule has 0 unspecified atom stereocenters. The maximum atomic E-state index is 12.2. The van der Waals surface area contributed by atoms with E-state index >= 15 is 0 Å². The minimum absolute atomic E-state index is 0.0156. The maximum Gasteiger partial charge on any atom is 0.319 e. The van der Waals surface area contributed by atoms with Gasteiger partial charge in [0.1, 0.15) is 0 Å². The molecule has 1 aliphatic rings. The fraction of sp³-hybridized carbons (Fsp3) is 0.222. The molecule has 1 heterocycles. The molecular weight excluding hydrogens is 326 g/mol. The van der Waals surface area contributed by atoms with Crippen LogP contribution in [0, 0.1) is 6.92 Å². The third-order valence-electron chi connectivity index (χ3n) is 3.87. The summed E-state index contributed by atoms with van der Waals surface area (Å²) in [5.74, 6) is -0.0156. The van der Waals surface area contributed by atoms with Crippen molar-refractivity contribution in [3.63, 3.8) is 0 Å². The second kappa shape index (κ2) is 6.93. The van der Waals surface area contributed by atoms with Gasteiger partial charge in [0.15, 0.2) is 0 Å². The summed E-state index contributed by atoms with van der Waals surface area (Å²) in [7, 11) is 0. The van der Waals surface area contributed by atoms with Crippen molar-refractivity contribution >= 4 is 34.9 Å². The highest BCUT2D eigenvalue weighted by molar-refractivity contribution is 6.30. The Morgan fingerprint density at radius 2 is 1.96 bits per heavy atom. The second-order valence-corrected chi connectivity index (χ2v) is 6.29. The van der Waals surface area contributed by atoms with Gasteiger partial charge in [-0.05, 0) is 48.9 Å². The molecule has 2 aromatic carbocycles. The number of amides is 3. The van der Waals surface area contributed by atoms with Gasteiger partial charge >= 0.3 is 6.03 Å². The number of hydrogen-bond acceptors (Lipinski definition) is 2. The van der Waals surface area contributed by atoms with Crippen LogP contribution in [0.2, 0.25) is 5.02 Å². The van der Waals surface area contributed by atoms with Crippen molar-refractivity contribution in [2.75, 3.05) is 16.8 Å². The number of carbonyl (C=O) groups is 2. The Morgan fingerprint density at radius 1 is 1.21 bits per heavy atom. The number of rotatable bonds is 3. The van der Waals surface area contributed by atoms with Crippen LogP contribution in [0.5, 0.6) is 0 Å². The van der Waals surface area contributed by atoms with Gasteiger partial charge in [-0.15, -0.1) is 0 Å². The second-order valence-electron chi connectivity index (χ2n) is 5.85. The number of anilines is 2. The van der Waals surface area contributed by atoms with Crippen molar-refractivity contribution in [1.82, 2.24) is 5.32 Å². The van der Waals surface area contributed by atoms with Crippen molar-refractivity contribution in [3.05, 3.63) is 59.1 Å². The van der Waals surface area contributed by atoms with Crippen molar-refractivity contribution < 1.29 is 9.59 Å². The van der Waals surface area contributed by atoms with Gasteiger partial charge in [-0.25, -0.2) is 4.79 Å². The van der Waals surface area contributed by atoms with Crippen molar-refractivity contribution in [3.8, 4) is 0 Å². The number of carbonyl (C=O) groups excluding carboxylic acids is 2. The van der Waals surface area contributed by atoms with Gasteiger partial charge in [-0.3, -0.25) is 4.79 Å². The predicted octanol–water partition coefficient (Wildman–Crippen LogP) is 3.58. The van der Waals surface area contributed by atoms with Crippen LogP contribution in [0.1, 0.15) is 12.0 Å². The summed E-state index contributed by atoms with van der Waals surface area (Å²) >= 11 is 5.87. The van der Waals surface area contributed by atoms with Gasteiger partial charge in [0.25, 0.3) is 0 Å². The molecule has 0 radical (unpaired) electrons. The zero-order chi connectivity index (χ0) is 17.1. The molecule has 124 valence electrons. The Balaban J connectivity index is 1.59. The summed E-state index contributed by atoms with van der Waals surface area (Å²) in [5.41, 5.74) is 2.58. The van der Waals surface area contributed by atoms with Crippen LogP contribution in [0.25, 0.3) is 0 Å². The molecule has 1 saturated heterocycles. The zero-order valence-corrected chi connectivity index (χ0v) is 14.0. The normalized spacial score (nSPS) is 17.0. The van der Waals surface area contributed by atoms with Crippen molar-refractivity contribution in [2.45, 2.75) is 19.4 Å². The van der Waals surface area contributed by atoms with E-state index in [1.54, 1.807) is 29.2 Å². The monoisotopic (exact) mass is 343 g/mol. The zero-order valence-electron chi connectivity index (χ0n) is 13.3. The average Bonchev–Trinajstić information content (AvgIpc) is 2.88. The summed E-state index contributed by atoms with van der Waals surface area (Å²) < 4.78 is 0. The molecule has 0 aliphatic carbocycles. The number of nitrogens with one attached hydrogen (secondary N) is 2. The standard InChI is InChI=1S/C18H18ClN3O2/c1-12-3-2-4-14(9-12)20-18(24)21-15-10-17(23)22(11-15)16-7-5-13(19)6-8-16/h2-9,15H,10-11H2,1H3,(H2,20,21,24)/t15-/m1/s1. The lowest BCUT2D eigenvalue weighted by Gasteiger charge is -2.17. The van der Waals surface area contributed by atoms with E-state index in [1.807, 2.05) is 31.2 Å². The van der Waals surface area contributed by atoms with Crippen LogP contribution in [-0.4, -0.2) is 24.5 Å². The molecule has 1 fully saturated rings. The lowest BCUT2D eigenvalue weighted by atomic mass is 10.2. The Kier molecular flexibility index (Phi) is 4.71. The fourth-order valence-corrected chi connectivity index (χ4v) is 2.88. The summed E-state index contributed by atoms with van der Waals surface area (Å²) in [6.07, 6.45) is 0.282. The molecule has 6 heteroatoms. The van der Waals surface area contributed by atoms with E-state index in [4.69, 9.17) is 11.6 Å². The molecule has 3 rings (SSSR count). The Morgan fingerprint density at radius 3 is 2.67 bits per heavy atom. The number of benzene rings is 2. The van der Waals surface area contributed by atoms with Gasteiger partial charge in [-0.2, -0.15) is 0 Å². The molecule has 24 heavy (non-hydrogen) atoms. The molecule has 0 saturated carbocycles. The minimum Gasteiger partial charge on any atom is -0.333 e. The molecule has 1 aliphatic heterocycles. The first-order chi connectivity index (χ1) is 11.5. The number of nitrogens with zero attached hydrogens (tertiary/aromatic N) is 1. The molecule has 2 N–H and O–H groups in total. The first kappa shape index (κ1) is 16.3. The van der Waals surface area contributed by atoms with Crippen LogP contribution in [-0.2, 0) is 4.79 Å². The van der Waals surface area contributed by atoms with E-state index in [0.717, 1.165) is 16.9 Å². The van der Waals surface area contributed by atoms with E-state index < -0.39 is 0 Å². The Labute approximate surface area is 145 Å². The highest BCUT2D eigenvalue weighted by Gasteiger charge is 2.31. The molecule has 0 spiro atoms. The minimum atomic E-state index is -0.309. The van der Waals surface area contributed by atoms with Gasteiger partial charge in [0, 0.05) is 29.4 Å². The molecule has 0 aromatic heterocycles. The molecule has 1 atom stereocenters. The number of aryl methyl sites for hydroxylation is 1. The Bertz CT molecular complexity index is 761. The first-order valence-electron chi connectivity index (χ1n) is 7.71. The Hall–Kier alpha value is -2.53. The highest BCUT2D eigenvalue weighted by Crippen LogP contribution is 2.23. The van der Waals surface area contributed by atoms with E-state index in [2.05, 4.69) is 10.6 Å². The largest absolute Gasteiger partial charge is 0.333 e. The molecule has 3 amide bonds. The van der Waals surface area contributed by atoms with Gasteiger partial charge in [0.05, 0.1) is 6.04 Å². The predicted molar refractivity (Wildman–Crippen MR) is 95.5 cm³/mol. The molecule has 5 nitrogen and oxygen atoms in total. The van der Waals surface area contributed by atoms with Gasteiger partial charge in [-0.1, -0.05) is 23.7 Å². The SMILES string of the molecule is Cc1cccc(NC(=O)N[C@@H]2CC(=O)N(c3ccc(Cl)cc3)C2)c1. The van der Waals surface area contributed by atoms with Crippen molar-refractivity contribution in [2.24, 2.45) is 0 Å². The lowest BCUT2D eigenvalue weighted by molar-refractivity contribution is -0.117. The van der Waals surface area contributed by atoms with E-state index in [0.29, 0.717) is 11.6 Å². The molecule has 0 bridgehead atoms. The van der Waals surface area contributed by atoms with Crippen molar-refractivity contribution in [1.29, 1.82) is 0 Å². The van der Waals surface area contributed by atoms with E-state index in [9.17, 15) is 9.59 Å². The van der Waals surface area contributed by atoms with Crippen LogP contribution in [0.4, 0.5) is 16.2 Å². The highest BCUT2D eigenvalue weighted by atomic mass is 35.5. The van der Waals surface area contributed by atoms with Crippen LogP contribution in [0.15, 0.2) is 48.5 Å². The third-order valence-corrected chi connectivity index (χ3v) is 4.13. The fourth-order valence-electron chi connectivity index (χ4n) is 2.75. The lowest BCUT2D eigenvalue weighted by Crippen LogP contribution is -2.39. The number of hydrogen-bond donors (Lipinski definition) is 2. The summed E-state index contributed by atoms with van der Waals surface area (Å²) in [5, 5.41) is 6.26. The quantitative estimate of drug-likeness (QED) is 0.894. The average molecular weight is 344 g/mol. The van der Waals surface area contributed by atoms with E-state index in [1.165, 1.54) is 0 Å². The number of urea groups is 1. The summed E-state index contributed by atoms with van der Waals surface area (Å²) in [6.45, 7) is 2.41. The van der Waals surface area contributed by atoms with Crippen LogP contribution < -0.4 is 15.5 Å². The van der Waals surface area contributed by atoms with Gasteiger partial charge in [0.2, 0.25) is 5.91 Å². The molecular formula is C18H18ClN3O2. The maximum absolute atomic E-state index is 12.2.